The van der Waals surface area contributed by atoms with Crippen molar-refractivity contribution in [1.82, 2.24) is 14.8 Å². The molecule has 0 aliphatic heterocycles. The Morgan fingerprint density at radius 2 is 2.04 bits per heavy atom. The summed E-state index contributed by atoms with van der Waals surface area (Å²) in [4.78, 5) is 6.15. The van der Waals surface area contributed by atoms with E-state index in [9.17, 15) is 9.50 Å². The quantitative estimate of drug-likeness (QED) is 0.422. The summed E-state index contributed by atoms with van der Waals surface area (Å²) in [7, 11) is 5.58. The van der Waals surface area contributed by atoms with Gasteiger partial charge in [0.1, 0.15) is 5.82 Å². The number of nitrogens with zero attached hydrogens (tertiary/aromatic N) is 3. The summed E-state index contributed by atoms with van der Waals surface area (Å²) >= 11 is 0. The Bertz CT molecular complexity index is 674. The standard InChI is InChI=1S/C17H23FN4O.HI/c1-19-17(22(3)12-13-7-6-10-21(13)2)20-11-16(23)14-8-4-5-9-15(14)18;/h4-10,16,23H,11-12H2,1-3H3,(H,19,20);1H. The van der Waals surface area contributed by atoms with Crippen LogP contribution in [0.2, 0.25) is 0 Å². The van der Waals surface area contributed by atoms with Gasteiger partial charge in [-0.15, -0.1) is 24.0 Å². The van der Waals surface area contributed by atoms with Crippen molar-refractivity contribution in [3.63, 3.8) is 0 Å². The lowest BCUT2D eigenvalue weighted by Gasteiger charge is -2.23. The van der Waals surface area contributed by atoms with Gasteiger partial charge in [0, 0.05) is 45.1 Å². The molecule has 7 heteroatoms. The number of aryl methyl sites for hydroxylation is 1. The predicted octanol–water partition coefficient (Wildman–Crippen LogP) is 2.52. The van der Waals surface area contributed by atoms with Crippen molar-refractivity contribution in [3.05, 3.63) is 59.7 Å². The zero-order valence-corrected chi connectivity index (χ0v) is 16.4. The smallest absolute Gasteiger partial charge is 0.193 e. The number of aliphatic hydroxyl groups excluding tert-OH is 1. The maximum Gasteiger partial charge on any atom is 0.193 e. The van der Waals surface area contributed by atoms with Crippen molar-refractivity contribution < 1.29 is 9.50 Å². The van der Waals surface area contributed by atoms with Gasteiger partial charge < -0.3 is 19.9 Å². The molecular weight excluding hydrogens is 422 g/mol. The largest absolute Gasteiger partial charge is 0.386 e. The fourth-order valence-electron chi connectivity index (χ4n) is 2.41. The summed E-state index contributed by atoms with van der Waals surface area (Å²) in [6.07, 6.45) is 1.05. The van der Waals surface area contributed by atoms with Gasteiger partial charge in [-0.25, -0.2) is 4.39 Å². The molecule has 0 fully saturated rings. The van der Waals surface area contributed by atoms with Crippen LogP contribution >= 0.6 is 24.0 Å². The van der Waals surface area contributed by atoms with Gasteiger partial charge in [-0.05, 0) is 18.2 Å². The minimum atomic E-state index is -0.934. The second kappa shape index (κ2) is 9.63. The first-order valence-electron chi connectivity index (χ1n) is 7.47. The zero-order valence-electron chi connectivity index (χ0n) is 14.1. The lowest BCUT2D eigenvalue weighted by atomic mass is 10.1. The third-order valence-corrected chi connectivity index (χ3v) is 3.74. The van der Waals surface area contributed by atoms with E-state index in [0.29, 0.717) is 12.5 Å². The number of aromatic nitrogens is 1. The summed E-state index contributed by atoms with van der Waals surface area (Å²) in [5.41, 5.74) is 1.42. The molecule has 2 rings (SSSR count). The van der Waals surface area contributed by atoms with E-state index in [1.807, 2.05) is 41.9 Å². The highest BCUT2D eigenvalue weighted by molar-refractivity contribution is 14.0. The van der Waals surface area contributed by atoms with Crippen LogP contribution in [0.4, 0.5) is 4.39 Å². The Kier molecular flexibility index (Phi) is 8.20. The second-order valence-electron chi connectivity index (χ2n) is 5.43. The molecule has 0 radical (unpaired) electrons. The van der Waals surface area contributed by atoms with Crippen LogP contribution in [0.25, 0.3) is 0 Å². The van der Waals surface area contributed by atoms with Gasteiger partial charge in [0.05, 0.1) is 12.6 Å². The van der Waals surface area contributed by atoms with Crippen molar-refractivity contribution >= 4 is 29.9 Å². The number of halogens is 2. The van der Waals surface area contributed by atoms with Crippen molar-refractivity contribution in [1.29, 1.82) is 0 Å². The topological polar surface area (TPSA) is 52.8 Å². The maximum absolute atomic E-state index is 13.7. The molecule has 1 unspecified atom stereocenters. The molecular formula is C17H24FIN4O. The van der Waals surface area contributed by atoms with Crippen LogP contribution in [0.5, 0.6) is 0 Å². The minimum absolute atomic E-state index is 0. The van der Waals surface area contributed by atoms with E-state index in [1.54, 1.807) is 25.2 Å². The molecule has 0 saturated heterocycles. The number of rotatable bonds is 5. The highest BCUT2D eigenvalue weighted by Crippen LogP contribution is 2.15. The predicted molar refractivity (Wildman–Crippen MR) is 105 cm³/mol. The molecule has 1 heterocycles. The van der Waals surface area contributed by atoms with Gasteiger partial charge in [-0.2, -0.15) is 0 Å². The van der Waals surface area contributed by atoms with E-state index in [1.165, 1.54) is 6.07 Å². The Morgan fingerprint density at radius 3 is 2.62 bits per heavy atom. The summed E-state index contributed by atoms with van der Waals surface area (Å²) in [6, 6.07) is 10.3. The fourth-order valence-corrected chi connectivity index (χ4v) is 2.41. The normalized spacial score (nSPS) is 12.5. The van der Waals surface area contributed by atoms with E-state index in [-0.39, 0.29) is 36.1 Å². The van der Waals surface area contributed by atoms with Gasteiger partial charge in [0.15, 0.2) is 5.96 Å². The van der Waals surface area contributed by atoms with Gasteiger partial charge >= 0.3 is 0 Å². The van der Waals surface area contributed by atoms with Gasteiger partial charge in [-0.1, -0.05) is 18.2 Å². The van der Waals surface area contributed by atoms with Gasteiger partial charge in [0.25, 0.3) is 0 Å². The molecule has 1 aromatic heterocycles. The van der Waals surface area contributed by atoms with Crippen LogP contribution in [0.3, 0.4) is 0 Å². The molecule has 2 aromatic rings. The Labute approximate surface area is 159 Å². The van der Waals surface area contributed by atoms with Crippen molar-refractivity contribution in [2.24, 2.45) is 12.0 Å². The van der Waals surface area contributed by atoms with E-state index in [0.717, 1.165) is 5.69 Å². The number of hydrogen-bond acceptors (Lipinski definition) is 2. The lowest BCUT2D eigenvalue weighted by molar-refractivity contribution is 0.175. The van der Waals surface area contributed by atoms with E-state index in [4.69, 9.17) is 0 Å². The molecule has 0 saturated carbocycles. The Balaban J connectivity index is 0.00000288. The van der Waals surface area contributed by atoms with Crippen molar-refractivity contribution in [2.75, 3.05) is 20.6 Å². The minimum Gasteiger partial charge on any atom is -0.386 e. The molecule has 1 atom stereocenters. The fraction of sp³-hybridized carbons (Fsp3) is 0.353. The molecule has 0 spiro atoms. The number of aliphatic imine (C=N–C) groups is 1. The van der Waals surface area contributed by atoms with E-state index in [2.05, 4.69) is 10.3 Å². The van der Waals surface area contributed by atoms with Gasteiger partial charge in [-0.3, -0.25) is 4.99 Å². The van der Waals surface area contributed by atoms with E-state index >= 15 is 0 Å². The molecule has 0 amide bonds. The van der Waals surface area contributed by atoms with Crippen molar-refractivity contribution in [3.8, 4) is 0 Å². The van der Waals surface area contributed by atoms with Crippen LogP contribution in [-0.4, -0.2) is 41.2 Å². The first kappa shape index (κ1) is 20.4. The number of aliphatic hydroxyl groups is 1. The van der Waals surface area contributed by atoms with Crippen LogP contribution < -0.4 is 5.32 Å². The summed E-state index contributed by atoms with van der Waals surface area (Å²) in [5, 5.41) is 13.2. The monoisotopic (exact) mass is 446 g/mol. The number of benzene rings is 1. The molecule has 0 aliphatic carbocycles. The van der Waals surface area contributed by atoms with E-state index < -0.39 is 11.9 Å². The summed E-state index contributed by atoms with van der Waals surface area (Å²) in [5.74, 6) is 0.232. The summed E-state index contributed by atoms with van der Waals surface area (Å²) < 4.78 is 15.7. The number of nitrogens with one attached hydrogen (secondary N) is 1. The second-order valence-corrected chi connectivity index (χ2v) is 5.43. The molecule has 5 nitrogen and oxygen atoms in total. The molecule has 24 heavy (non-hydrogen) atoms. The SMILES string of the molecule is CN=C(NCC(O)c1ccccc1F)N(C)Cc1cccn1C.I. The van der Waals surface area contributed by atoms with Gasteiger partial charge in [0.2, 0.25) is 0 Å². The zero-order chi connectivity index (χ0) is 16.8. The molecule has 2 N–H and O–H groups in total. The first-order chi connectivity index (χ1) is 11.0. The average molecular weight is 446 g/mol. The molecule has 1 aromatic carbocycles. The van der Waals surface area contributed by atoms with Crippen LogP contribution in [0.1, 0.15) is 17.4 Å². The van der Waals surface area contributed by atoms with Crippen LogP contribution in [-0.2, 0) is 13.6 Å². The van der Waals surface area contributed by atoms with Crippen molar-refractivity contribution in [2.45, 2.75) is 12.6 Å². The Morgan fingerprint density at radius 1 is 1.33 bits per heavy atom. The number of hydrogen-bond donors (Lipinski definition) is 2. The highest BCUT2D eigenvalue weighted by atomic mass is 127. The third-order valence-electron chi connectivity index (χ3n) is 3.74. The van der Waals surface area contributed by atoms with Crippen LogP contribution in [0, 0.1) is 5.82 Å². The summed E-state index contributed by atoms with van der Waals surface area (Å²) in [6.45, 7) is 0.865. The third kappa shape index (κ3) is 5.20. The highest BCUT2D eigenvalue weighted by Gasteiger charge is 2.14. The Hall–Kier alpha value is -1.61. The maximum atomic E-state index is 13.7. The molecule has 0 aliphatic rings. The molecule has 0 bridgehead atoms. The average Bonchev–Trinajstić information content (AvgIpc) is 2.93. The molecule has 132 valence electrons. The first-order valence-corrected chi connectivity index (χ1v) is 7.47. The number of guanidine groups is 1. The lowest BCUT2D eigenvalue weighted by Crippen LogP contribution is -2.40. The van der Waals surface area contributed by atoms with Crippen LogP contribution in [0.15, 0.2) is 47.6 Å².